The van der Waals surface area contributed by atoms with Crippen LogP contribution < -0.4 is 0 Å². The number of rotatable bonds is 3. The summed E-state index contributed by atoms with van der Waals surface area (Å²) in [5.74, 6) is 0. The predicted octanol–water partition coefficient (Wildman–Crippen LogP) is 5.51. The van der Waals surface area contributed by atoms with Crippen LogP contribution in [0.1, 0.15) is 39.5 Å². The number of alkyl halides is 6. The minimum absolute atomic E-state index is 1.36. The van der Waals surface area contributed by atoms with E-state index in [1.807, 2.05) is 0 Å². The SMILES string of the molecule is CCCCCC.FC(F)(F)C(Cl)(Cl)Cl. The highest BCUT2D eigenvalue weighted by molar-refractivity contribution is 6.68. The fraction of sp³-hybridized carbons (Fsp3) is 1.00. The van der Waals surface area contributed by atoms with Crippen molar-refractivity contribution in [3.63, 3.8) is 0 Å². The van der Waals surface area contributed by atoms with Gasteiger partial charge in [-0.25, -0.2) is 0 Å². The van der Waals surface area contributed by atoms with Crippen LogP contribution in [-0.2, 0) is 0 Å². The van der Waals surface area contributed by atoms with Gasteiger partial charge in [0.2, 0.25) is 0 Å². The number of unbranched alkanes of at least 4 members (excludes halogenated alkanes) is 3. The van der Waals surface area contributed by atoms with Gasteiger partial charge < -0.3 is 0 Å². The maximum Gasteiger partial charge on any atom is 0.435 e. The average Bonchev–Trinajstić information content (AvgIpc) is 1.98. The van der Waals surface area contributed by atoms with E-state index in [4.69, 9.17) is 0 Å². The summed E-state index contributed by atoms with van der Waals surface area (Å²) in [6.45, 7) is 4.46. The molecule has 14 heavy (non-hydrogen) atoms. The van der Waals surface area contributed by atoms with E-state index in [0.717, 1.165) is 0 Å². The monoisotopic (exact) mass is 272 g/mol. The first kappa shape index (κ1) is 17.1. The summed E-state index contributed by atoms with van der Waals surface area (Å²) >= 11 is 13.2. The molecular weight excluding hydrogens is 259 g/mol. The molecule has 0 amide bonds. The Labute approximate surface area is 97.7 Å². The van der Waals surface area contributed by atoms with Gasteiger partial charge in [-0.2, -0.15) is 13.2 Å². The molecule has 0 atom stereocenters. The molecular formula is C8H14Cl3F3. The van der Waals surface area contributed by atoms with E-state index < -0.39 is 9.97 Å². The quantitative estimate of drug-likeness (QED) is 0.470. The fourth-order valence-electron chi connectivity index (χ4n) is 0.500. The zero-order valence-electron chi connectivity index (χ0n) is 8.10. The van der Waals surface area contributed by atoms with Crippen molar-refractivity contribution < 1.29 is 13.2 Å². The van der Waals surface area contributed by atoms with E-state index in [-0.39, 0.29) is 0 Å². The average molecular weight is 274 g/mol. The molecule has 0 heterocycles. The topological polar surface area (TPSA) is 0 Å². The lowest BCUT2D eigenvalue weighted by molar-refractivity contribution is -0.124. The van der Waals surface area contributed by atoms with Gasteiger partial charge in [-0.05, 0) is 0 Å². The van der Waals surface area contributed by atoms with Crippen molar-refractivity contribution in [2.75, 3.05) is 0 Å². The molecule has 0 aliphatic carbocycles. The number of hydrogen-bond donors (Lipinski definition) is 0. The van der Waals surface area contributed by atoms with Gasteiger partial charge >= 0.3 is 6.18 Å². The summed E-state index contributed by atoms with van der Waals surface area (Å²) in [5, 5.41) is 0. The van der Waals surface area contributed by atoms with E-state index in [1.165, 1.54) is 25.7 Å². The maximum atomic E-state index is 11.2. The lowest BCUT2D eigenvalue weighted by Gasteiger charge is -2.13. The van der Waals surface area contributed by atoms with Gasteiger partial charge in [0.25, 0.3) is 3.79 Å². The van der Waals surface area contributed by atoms with Crippen molar-refractivity contribution in [1.82, 2.24) is 0 Å². The maximum absolute atomic E-state index is 11.2. The normalized spacial score (nSPS) is 12.0. The van der Waals surface area contributed by atoms with Gasteiger partial charge in [0.1, 0.15) is 0 Å². The summed E-state index contributed by atoms with van der Waals surface area (Å²) in [5.41, 5.74) is 0. The molecule has 0 aliphatic heterocycles. The van der Waals surface area contributed by atoms with E-state index in [1.54, 1.807) is 0 Å². The van der Waals surface area contributed by atoms with Crippen LogP contribution in [-0.4, -0.2) is 9.97 Å². The minimum Gasteiger partial charge on any atom is -0.166 e. The van der Waals surface area contributed by atoms with E-state index in [2.05, 4.69) is 48.7 Å². The van der Waals surface area contributed by atoms with E-state index in [9.17, 15) is 13.2 Å². The molecule has 0 aliphatic rings. The first-order chi connectivity index (χ1) is 6.16. The van der Waals surface area contributed by atoms with Crippen molar-refractivity contribution in [3.8, 4) is 0 Å². The molecule has 0 aromatic carbocycles. The summed E-state index contributed by atoms with van der Waals surface area (Å²) in [4.78, 5) is 0. The molecule has 0 radical (unpaired) electrons. The third-order valence-electron chi connectivity index (χ3n) is 1.28. The molecule has 0 spiro atoms. The molecule has 0 bridgehead atoms. The molecule has 0 unspecified atom stereocenters. The Morgan fingerprint density at radius 1 is 0.857 bits per heavy atom. The van der Waals surface area contributed by atoms with Crippen molar-refractivity contribution in [3.05, 3.63) is 0 Å². The molecule has 0 nitrogen and oxygen atoms in total. The highest BCUT2D eigenvalue weighted by Crippen LogP contribution is 2.42. The molecule has 0 saturated carbocycles. The Balaban J connectivity index is 0. The molecule has 0 aromatic heterocycles. The highest BCUT2D eigenvalue weighted by atomic mass is 35.6. The first-order valence-electron chi connectivity index (χ1n) is 4.30. The van der Waals surface area contributed by atoms with Crippen LogP contribution in [0.4, 0.5) is 13.2 Å². The Bertz CT molecular complexity index is 113. The molecule has 0 N–H and O–H groups in total. The summed E-state index contributed by atoms with van der Waals surface area (Å²) in [6, 6.07) is 0. The smallest absolute Gasteiger partial charge is 0.166 e. The Morgan fingerprint density at radius 2 is 1.07 bits per heavy atom. The minimum atomic E-state index is -4.77. The van der Waals surface area contributed by atoms with Crippen LogP contribution in [0.25, 0.3) is 0 Å². The van der Waals surface area contributed by atoms with Crippen LogP contribution in [0.3, 0.4) is 0 Å². The second-order valence-corrected chi connectivity index (χ2v) is 4.98. The molecule has 6 heteroatoms. The molecule has 88 valence electrons. The number of halogens is 6. The molecule has 0 saturated heterocycles. The molecule has 0 fully saturated rings. The Kier molecular flexibility index (Phi) is 9.62. The molecule has 0 rings (SSSR count). The number of hydrogen-bond acceptors (Lipinski definition) is 0. The van der Waals surface area contributed by atoms with E-state index >= 15 is 0 Å². The fourth-order valence-corrected chi connectivity index (χ4v) is 0.500. The van der Waals surface area contributed by atoms with Crippen molar-refractivity contribution in [2.24, 2.45) is 0 Å². The van der Waals surface area contributed by atoms with Crippen LogP contribution >= 0.6 is 34.8 Å². The Morgan fingerprint density at radius 3 is 1.14 bits per heavy atom. The van der Waals surface area contributed by atoms with Crippen molar-refractivity contribution in [2.45, 2.75) is 49.5 Å². The van der Waals surface area contributed by atoms with Crippen molar-refractivity contribution in [1.29, 1.82) is 0 Å². The zero-order chi connectivity index (χ0) is 11.8. The van der Waals surface area contributed by atoms with Crippen LogP contribution in [0, 0.1) is 0 Å². The summed E-state index contributed by atoms with van der Waals surface area (Å²) in [7, 11) is 0. The third kappa shape index (κ3) is 10.7. The van der Waals surface area contributed by atoms with Crippen LogP contribution in [0.2, 0.25) is 0 Å². The van der Waals surface area contributed by atoms with E-state index in [0.29, 0.717) is 0 Å². The first-order valence-corrected chi connectivity index (χ1v) is 5.43. The molecule has 0 aromatic rings. The van der Waals surface area contributed by atoms with Gasteiger partial charge in [-0.1, -0.05) is 74.3 Å². The summed E-state index contributed by atoms with van der Waals surface area (Å²) in [6.07, 6.45) is 0.770. The second-order valence-electron chi connectivity index (χ2n) is 2.70. The standard InChI is InChI=1S/C6H14.C2Cl3F3/c1-3-5-6-4-2;3-1(4,5)2(6,7)8/h3-6H2,1-2H3;. The lowest BCUT2D eigenvalue weighted by Crippen LogP contribution is -2.27. The highest BCUT2D eigenvalue weighted by Gasteiger charge is 2.51. The lowest BCUT2D eigenvalue weighted by atomic mass is 10.2. The third-order valence-corrected chi connectivity index (χ3v) is 1.92. The summed E-state index contributed by atoms with van der Waals surface area (Å²) < 4.78 is 30.4. The van der Waals surface area contributed by atoms with Gasteiger partial charge in [0.05, 0.1) is 0 Å². The van der Waals surface area contributed by atoms with Crippen molar-refractivity contribution >= 4 is 34.8 Å². The van der Waals surface area contributed by atoms with Crippen LogP contribution in [0.5, 0.6) is 0 Å². The van der Waals surface area contributed by atoms with Crippen LogP contribution in [0.15, 0.2) is 0 Å². The van der Waals surface area contributed by atoms with Gasteiger partial charge in [-0.3, -0.25) is 0 Å². The Hall–Kier alpha value is 0.660. The zero-order valence-corrected chi connectivity index (χ0v) is 10.4. The predicted molar refractivity (Wildman–Crippen MR) is 56.2 cm³/mol. The van der Waals surface area contributed by atoms with Gasteiger partial charge in [-0.15, -0.1) is 0 Å². The largest absolute Gasteiger partial charge is 0.435 e. The second kappa shape index (κ2) is 7.89. The van der Waals surface area contributed by atoms with Gasteiger partial charge in [0, 0.05) is 0 Å². The van der Waals surface area contributed by atoms with Gasteiger partial charge in [0.15, 0.2) is 0 Å².